The van der Waals surface area contributed by atoms with Crippen molar-refractivity contribution in [3.8, 4) is 11.8 Å². The maximum absolute atomic E-state index is 9.75. The standard InChI is InChI=1S/C13H14O/c1-11-3-5-12(6-4-11)7-10-13(14)8-2-9-13/h3-6,14H,2,8-9H2,1H3. The number of aliphatic hydroxyl groups is 1. The highest BCUT2D eigenvalue weighted by Crippen LogP contribution is 2.30. The smallest absolute Gasteiger partial charge is 0.125 e. The molecule has 1 saturated carbocycles. The number of hydrogen-bond donors (Lipinski definition) is 1. The molecule has 0 aliphatic heterocycles. The molecule has 0 spiro atoms. The van der Waals surface area contributed by atoms with Gasteiger partial charge in [-0.15, -0.1) is 0 Å². The van der Waals surface area contributed by atoms with Crippen LogP contribution in [0.4, 0.5) is 0 Å². The summed E-state index contributed by atoms with van der Waals surface area (Å²) in [6.45, 7) is 2.05. The fourth-order valence-electron chi connectivity index (χ4n) is 1.46. The molecule has 72 valence electrons. The molecular weight excluding hydrogens is 172 g/mol. The van der Waals surface area contributed by atoms with Crippen LogP contribution in [0, 0.1) is 18.8 Å². The van der Waals surface area contributed by atoms with Gasteiger partial charge in [-0.25, -0.2) is 0 Å². The van der Waals surface area contributed by atoms with Gasteiger partial charge in [0.15, 0.2) is 0 Å². The Morgan fingerprint density at radius 3 is 2.36 bits per heavy atom. The first-order chi connectivity index (χ1) is 6.68. The number of rotatable bonds is 0. The molecule has 0 heterocycles. The summed E-state index contributed by atoms with van der Waals surface area (Å²) >= 11 is 0. The number of hydrogen-bond acceptors (Lipinski definition) is 1. The van der Waals surface area contributed by atoms with Crippen LogP contribution >= 0.6 is 0 Å². The van der Waals surface area contributed by atoms with Crippen LogP contribution in [0.1, 0.15) is 30.4 Å². The average Bonchev–Trinajstić information content (AvgIpc) is 2.14. The van der Waals surface area contributed by atoms with Crippen LogP contribution in [-0.2, 0) is 0 Å². The van der Waals surface area contributed by atoms with E-state index in [-0.39, 0.29) is 0 Å². The minimum Gasteiger partial charge on any atom is -0.378 e. The summed E-state index contributed by atoms with van der Waals surface area (Å²) in [4.78, 5) is 0. The van der Waals surface area contributed by atoms with Gasteiger partial charge in [0.1, 0.15) is 5.60 Å². The van der Waals surface area contributed by atoms with Gasteiger partial charge in [-0.2, -0.15) is 0 Å². The third-order valence-corrected chi connectivity index (χ3v) is 2.67. The molecule has 1 N–H and O–H groups in total. The SMILES string of the molecule is Cc1ccc(C#CC2(O)CCC2)cc1. The first-order valence-electron chi connectivity index (χ1n) is 5.00. The molecule has 14 heavy (non-hydrogen) atoms. The molecule has 1 aromatic rings. The fourth-order valence-corrected chi connectivity index (χ4v) is 1.46. The summed E-state index contributed by atoms with van der Waals surface area (Å²) < 4.78 is 0. The van der Waals surface area contributed by atoms with Crippen molar-refractivity contribution in [2.24, 2.45) is 0 Å². The lowest BCUT2D eigenvalue weighted by Crippen LogP contribution is -2.34. The second-order valence-electron chi connectivity index (χ2n) is 4.00. The van der Waals surface area contributed by atoms with Crippen molar-refractivity contribution in [3.63, 3.8) is 0 Å². The average molecular weight is 186 g/mol. The summed E-state index contributed by atoms with van der Waals surface area (Å²) in [6, 6.07) is 8.05. The monoisotopic (exact) mass is 186 g/mol. The maximum atomic E-state index is 9.75. The molecule has 0 amide bonds. The van der Waals surface area contributed by atoms with Gasteiger partial charge in [0.05, 0.1) is 0 Å². The molecule has 2 rings (SSSR count). The number of benzene rings is 1. The third-order valence-electron chi connectivity index (χ3n) is 2.67. The Labute approximate surface area is 84.8 Å². The van der Waals surface area contributed by atoms with E-state index in [1.54, 1.807) is 0 Å². The van der Waals surface area contributed by atoms with Crippen molar-refractivity contribution in [2.75, 3.05) is 0 Å². The van der Waals surface area contributed by atoms with Crippen molar-refractivity contribution in [2.45, 2.75) is 31.8 Å². The van der Waals surface area contributed by atoms with Crippen LogP contribution in [0.15, 0.2) is 24.3 Å². The molecule has 1 aliphatic rings. The van der Waals surface area contributed by atoms with E-state index in [0.717, 1.165) is 24.8 Å². The van der Waals surface area contributed by atoms with Gasteiger partial charge in [0.25, 0.3) is 0 Å². The van der Waals surface area contributed by atoms with Crippen molar-refractivity contribution < 1.29 is 5.11 Å². The van der Waals surface area contributed by atoms with Crippen LogP contribution in [0.5, 0.6) is 0 Å². The fraction of sp³-hybridized carbons (Fsp3) is 0.385. The summed E-state index contributed by atoms with van der Waals surface area (Å²) in [5, 5.41) is 9.75. The first-order valence-corrected chi connectivity index (χ1v) is 5.00. The highest BCUT2D eigenvalue weighted by Gasteiger charge is 2.31. The molecule has 0 aromatic heterocycles. The van der Waals surface area contributed by atoms with Gasteiger partial charge in [-0.3, -0.25) is 0 Å². The minimum atomic E-state index is -0.690. The highest BCUT2D eigenvalue weighted by molar-refractivity contribution is 5.38. The Kier molecular flexibility index (Phi) is 2.31. The van der Waals surface area contributed by atoms with E-state index in [1.165, 1.54) is 5.56 Å². The Balaban J connectivity index is 2.13. The molecule has 1 aliphatic carbocycles. The highest BCUT2D eigenvalue weighted by atomic mass is 16.3. The molecule has 0 radical (unpaired) electrons. The van der Waals surface area contributed by atoms with E-state index in [9.17, 15) is 5.11 Å². The van der Waals surface area contributed by atoms with Gasteiger partial charge < -0.3 is 5.11 Å². The van der Waals surface area contributed by atoms with Crippen molar-refractivity contribution in [1.82, 2.24) is 0 Å². The van der Waals surface area contributed by atoms with Gasteiger partial charge >= 0.3 is 0 Å². The summed E-state index contributed by atoms with van der Waals surface area (Å²) in [7, 11) is 0. The maximum Gasteiger partial charge on any atom is 0.125 e. The summed E-state index contributed by atoms with van der Waals surface area (Å²) in [5.74, 6) is 5.95. The quantitative estimate of drug-likeness (QED) is 0.616. The van der Waals surface area contributed by atoms with Crippen molar-refractivity contribution >= 4 is 0 Å². The largest absolute Gasteiger partial charge is 0.378 e. The lowest BCUT2D eigenvalue weighted by atomic mass is 9.81. The van der Waals surface area contributed by atoms with Gasteiger partial charge in [0, 0.05) is 5.56 Å². The van der Waals surface area contributed by atoms with E-state index in [4.69, 9.17) is 0 Å². The van der Waals surface area contributed by atoms with E-state index in [1.807, 2.05) is 24.3 Å². The van der Waals surface area contributed by atoms with Gasteiger partial charge in [0.2, 0.25) is 0 Å². The molecule has 1 nitrogen and oxygen atoms in total. The van der Waals surface area contributed by atoms with Crippen molar-refractivity contribution in [1.29, 1.82) is 0 Å². The van der Waals surface area contributed by atoms with Crippen LogP contribution in [0.2, 0.25) is 0 Å². The van der Waals surface area contributed by atoms with E-state index in [0.29, 0.717) is 0 Å². The molecular formula is C13H14O. The zero-order chi connectivity index (χ0) is 10.0. The van der Waals surface area contributed by atoms with Crippen LogP contribution < -0.4 is 0 Å². The van der Waals surface area contributed by atoms with Gasteiger partial charge in [-0.05, 0) is 38.3 Å². The van der Waals surface area contributed by atoms with Gasteiger partial charge in [-0.1, -0.05) is 29.5 Å². The molecule has 1 fully saturated rings. The molecule has 1 aromatic carbocycles. The van der Waals surface area contributed by atoms with Crippen LogP contribution in [-0.4, -0.2) is 10.7 Å². The second-order valence-corrected chi connectivity index (χ2v) is 4.00. The van der Waals surface area contributed by atoms with E-state index in [2.05, 4.69) is 18.8 Å². The minimum absolute atomic E-state index is 0.690. The van der Waals surface area contributed by atoms with Crippen molar-refractivity contribution in [3.05, 3.63) is 35.4 Å². The zero-order valence-electron chi connectivity index (χ0n) is 8.38. The first kappa shape index (κ1) is 9.30. The third kappa shape index (κ3) is 1.97. The topological polar surface area (TPSA) is 20.2 Å². The summed E-state index contributed by atoms with van der Waals surface area (Å²) in [6.07, 6.45) is 2.75. The molecule has 0 saturated heterocycles. The number of aryl methyl sites for hydroxylation is 1. The predicted octanol–water partition coefficient (Wildman–Crippen LogP) is 2.26. The normalized spacial score (nSPS) is 17.9. The Hall–Kier alpha value is -1.26. The van der Waals surface area contributed by atoms with Crippen LogP contribution in [0.3, 0.4) is 0 Å². The second kappa shape index (κ2) is 3.48. The summed E-state index contributed by atoms with van der Waals surface area (Å²) in [5.41, 5.74) is 1.53. The molecule has 0 unspecified atom stereocenters. The Morgan fingerprint density at radius 1 is 1.21 bits per heavy atom. The molecule has 1 heteroatoms. The lowest BCUT2D eigenvalue weighted by Gasteiger charge is -2.30. The van der Waals surface area contributed by atoms with Crippen LogP contribution in [0.25, 0.3) is 0 Å². The predicted molar refractivity (Wildman–Crippen MR) is 56.9 cm³/mol. The molecule has 0 bridgehead atoms. The molecule has 0 atom stereocenters. The van der Waals surface area contributed by atoms with E-state index >= 15 is 0 Å². The lowest BCUT2D eigenvalue weighted by molar-refractivity contribution is 0.0240. The Bertz CT molecular complexity index is 374. The van der Waals surface area contributed by atoms with E-state index < -0.39 is 5.60 Å². The Morgan fingerprint density at radius 2 is 1.86 bits per heavy atom. The zero-order valence-corrected chi connectivity index (χ0v) is 8.38.